The molecule has 0 aliphatic carbocycles. The minimum atomic E-state index is -4.23. The number of hydrogen-bond donors (Lipinski definition) is 4. The number of hydrogen-bond acceptors (Lipinski definition) is 6. The Bertz CT molecular complexity index is 1600. The van der Waals surface area contributed by atoms with E-state index in [1.54, 1.807) is 48.5 Å². The van der Waals surface area contributed by atoms with Gasteiger partial charge in [-0.3, -0.25) is 9.59 Å². The number of carbonyl (C=O) groups is 2. The maximum Gasteiger partial charge on any atom is 0.282 e. The molecule has 1 aliphatic heterocycles. The lowest BCUT2D eigenvalue weighted by atomic mass is 10.1. The molecule has 1 saturated heterocycles. The Morgan fingerprint density at radius 3 is 1.36 bits per heavy atom. The number of benzene rings is 4. The molecular weight excluding hydrogens is 592 g/mol. The quantitative estimate of drug-likeness (QED) is 0.213. The molecule has 234 valence electrons. The molecule has 4 aromatic carbocycles. The van der Waals surface area contributed by atoms with E-state index in [1.165, 1.54) is 0 Å². The number of anilines is 2. The van der Waals surface area contributed by atoms with Crippen molar-refractivity contribution in [3.8, 4) is 0 Å². The topological polar surface area (TPSA) is 139 Å². The van der Waals surface area contributed by atoms with Gasteiger partial charge in [-0.1, -0.05) is 97.1 Å². The second-order valence-corrected chi connectivity index (χ2v) is 12.9. The Balaban J connectivity index is 1.34. The summed E-state index contributed by atoms with van der Waals surface area (Å²) in [5, 5.41) is 27.2. The molecule has 0 spiro atoms. The number of para-hydroxylation sites is 2. The first-order valence-electron chi connectivity index (χ1n) is 14.6. The molecule has 1 heterocycles. The third-order valence-electron chi connectivity index (χ3n) is 7.57. The lowest BCUT2D eigenvalue weighted by Crippen LogP contribution is -2.43. The molecule has 10 nitrogen and oxygen atoms in total. The van der Waals surface area contributed by atoms with Crippen LogP contribution in [0.3, 0.4) is 0 Å². The van der Waals surface area contributed by atoms with Crippen LogP contribution >= 0.6 is 0 Å². The van der Waals surface area contributed by atoms with E-state index in [0.29, 0.717) is 22.5 Å². The number of nitrogens with one attached hydrogen (secondary N) is 2. The molecule has 0 unspecified atom stereocenters. The van der Waals surface area contributed by atoms with Crippen LogP contribution in [0.15, 0.2) is 109 Å². The van der Waals surface area contributed by atoms with Crippen molar-refractivity contribution in [1.82, 2.24) is 8.61 Å². The van der Waals surface area contributed by atoms with Crippen molar-refractivity contribution >= 4 is 33.4 Å². The highest BCUT2D eigenvalue weighted by Crippen LogP contribution is 2.27. The van der Waals surface area contributed by atoms with Crippen molar-refractivity contribution in [1.29, 1.82) is 0 Å². The Morgan fingerprint density at radius 1 is 0.600 bits per heavy atom. The minimum absolute atomic E-state index is 0.150. The normalized spacial score (nSPS) is 18.5. The molecule has 0 bridgehead atoms. The summed E-state index contributed by atoms with van der Waals surface area (Å²) in [5.74, 6) is -0.509. The molecule has 0 saturated carbocycles. The minimum Gasteiger partial charge on any atom is -0.389 e. The van der Waals surface area contributed by atoms with Crippen LogP contribution in [0.25, 0.3) is 0 Å². The molecule has 0 aromatic heterocycles. The molecule has 1 aliphatic rings. The summed E-state index contributed by atoms with van der Waals surface area (Å²) in [5.41, 5.74) is 3.63. The average Bonchev–Trinajstić information content (AvgIpc) is 3.09. The third-order valence-corrected chi connectivity index (χ3v) is 9.43. The van der Waals surface area contributed by atoms with Crippen molar-refractivity contribution in [2.45, 2.75) is 38.1 Å². The lowest BCUT2D eigenvalue weighted by Gasteiger charge is -2.28. The summed E-state index contributed by atoms with van der Waals surface area (Å²) in [4.78, 5) is 25.6. The number of β-amino-alcohol motifs (C(OH)–C–C–N with tert-alkyl or cyclic N) is 2. The Labute approximate surface area is 263 Å². The number of rotatable bonds is 10. The van der Waals surface area contributed by atoms with E-state index in [-0.39, 0.29) is 50.8 Å². The SMILES string of the molecule is O=C(Cc1ccccc1)Nc1ccccc1CN1C[C@H](O)[C@@H](O)CN(Cc2ccccc2NC(=O)Cc2ccccc2)S1(=O)=O. The second kappa shape index (κ2) is 14.6. The molecule has 2 atom stereocenters. The van der Waals surface area contributed by atoms with E-state index in [0.717, 1.165) is 19.7 Å². The van der Waals surface area contributed by atoms with Crippen LogP contribution in [-0.4, -0.2) is 64.4 Å². The van der Waals surface area contributed by atoms with E-state index in [4.69, 9.17) is 0 Å². The molecule has 45 heavy (non-hydrogen) atoms. The summed E-state index contributed by atoms with van der Waals surface area (Å²) in [6.07, 6.45) is -2.38. The van der Waals surface area contributed by atoms with Gasteiger partial charge in [0.05, 0.1) is 25.0 Å². The van der Waals surface area contributed by atoms with E-state index in [9.17, 15) is 28.2 Å². The first kappa shape index (κ1) is 32.0. The maximum absolute atomic E-state index is 14.0. The van der Waals surface area contributed by atoms with Crippen LogP contribution in [-0.2, 0) is 45.7 Å². The summed E-state index contributed by atoms with van der Waals surface area (Å²) >= 11 is 0. The molecule has 5 rings (SSSR count). The Morgan fingerprint density at radius 2 is 0.956 bits per heavy atom. The highest BCUT2D eigenvalue weighted by atomic mass is 32.2. The molecule has 1 fully saturated rings. The van der Waals surface area contributed by atoms with Gasteiger partial charge in [0, 0.05) is 37.6 Å². The average molecular weight is 629 g/mol. The number of carbonyl (C=O) groups excluding carboxylic acids is 2. The van der Waals surface area contributed by atoms with E-state index < -0.39 is 22.4 Å². The molecule has 4 aromatic rings. The second-order valence-electron chi connectivity index (χ2n) is 11.0. The van der Waals surface area contributed by atoms with Crippen LogP contribution in [0.1, 0.15) is 22.3 Å². The molecular formula is C34H36N4O6S. The van der Waals surface area contributed by atoms with Crippen LogP contribution < -0.4 is 10.6 Å². The highest BCUT2D eigenvalue weighted by Gasteiger charge is 2.39. The fourth-order valence-corrected chi connectivity index (χ4v) is 6.81. The monoisotopic (exact) mass is 628 g/mol. The predicted octanol–water partition coefficient (Wildman–Crippen LogP) is 3.33. The summed E-state index contributed by atoms with van der Waals surface area (Å²) in [7, 11) is -4.23. The van der Waals surface area contributed by atoms with Crippen molar-refractivity contribution in [2.24, 2.45) is 0 Å². The largest absolute Gasteiger partial charge is 0.389 e. The van der Waals surface area contributed by atoms with Crippen molar-refractivity contribution in [3.63, 3.8) is 0 Å². The smallest absolute Gasteiger partial charge is 0.282 e. The van der Waals surface area contributed by atoms with Gasteiger partial charge in [0.25, 0.3) is 10.2 Å². The van der Waals surface area contributed by atoms with Gasteiger partial charge >= 0.3 is 0 Å². The van der Waals surface area contributed by atoms with Gasteiger partial charge in [0.2, 0.25) is 11.8 Å². The molecule has 4 N–H and O–H groups in total. The molecule has 0 radical (unpaired) electrons. The fourth-order valence-electron chi connectivity index (χ4n) is 5.20. The summed E-state index contributed by atoms with van der Waals surface area (Å²) in [6, 6.07) is 32.3. The van der Waals surface area contributed by atoms with Gasteiger partial charge in [0.15, 0.2) is 0 Å². The lowest BCUT2D eigenvalue weighted by molar-refractivity contribution is -0.116. The standard InChI is InChI=1S/C34H36N4O6S/c39-31-23-37(21-27-15-7-9-17-29(27)35-33(41)19-25-11-3-1-4-12-25)45(43,44)38(24-32(31)40)22-28-16-8-10-18-30(28)36-34(42)20-26-13-5-2-6-14-26/h1-18,31-32,39-40H,19-24H2,(H,35,41)(H,36,42)/t31-,32-/m0/s1. The molecule has 2 amide bonds. The van der Waals surface area contributed by atoms with Gasteiger partial charge < -0.3 is 20.8 Å². The Hall–Kier alpha value is -4.39. The van der Waals surface area contributed by atoms with Crippen molar-refractivity contribution < 1.29 is 28.2 Å². The van der Waals surface area contributed by atoms with Gasteiger partial charge in [-0.05, 0) is 34.4 Å². The van der Waals surface area contributed by atoms with Crippen molar-refractivity contribution in [3.05, 3.63) is 131 Å². The van der Waals surface area contributed by atoms with Crippen LogP contribution in [0, 0.1) is 0 Å². The van der Waals surface area contributed by atoms with Gasteiger partial charge in [-0.25, -0.2) is 0 Å². The van der Waals surface area contributed by atoms with Crippen LogP contribution in [0.2, 0.25) is 0 Å². The zero-order valence-corrected chi connectivity index (χ0v) is 25.4. The van der Waals surface area contributed by atoms with Crippen LogP contribution in [0.4, 0.5) is 11.4 Å². The van der Waals surface area contributed by atoms with E-state index >= 15 is 0 Å². The zero-order valence-electron chi connectivity index (χ0n) is 24.6. The first-order valence-corrected chi connectivity index (χ1v) is 16.0. The summed E-state index contributed by atoms with van der Waals surface area (Å²) < 4.78 is 30.3. The van der Waals surface area contributed by atoms with E-state index in [2.05, 4.69) is 10.6 Å². The predicted molar refractivity (Wildman–Crippen MR) is 172 cm³/mol. The van der Waals surface area contributed by atoms with Crippen molar-refractivity contribution in [2.75, 3.05) is 23.7 Å². The maximum atomic E-state index is 14.0. The number of amides is 2. The van der Waals surface area contributed by atoms with Gasteiger partial charge in [-0.2, -0.15) is 17.0 Å². The number of nitrogens with zero attached hydrogens (tertiary/aromatic N) is 2. The highest BCUT2D eigenvalue weighted by molar-refractivity contribution is 7.86. The first-order chi connectivity index (χ1) is 21.7. The number of aliphatic hydroxyl groups is 2. The summed E-state index contributed by atoms with van der Waals surface area (Å²) in [6.45, 7) is -0.997. The fraction of sp³-hybridized carbons (Fsp3) is 0.235. The van der Waals surface area contributed by atoms with Crippen LogP contribution in [0.5, 0.6) is 0 Å². The third kappa shape index (κ3) is 8.41. The van der Waals surface area contributed by atoms with Gasteiger partial charge in [0.1, 0.15) is 0 Å². The Kier molecular flexibility index (Phi) is 10.4. The van der Waals surface area contributed by atoms with E-state index in [1.807, 2.05) is 60.7 Å². The molecule has 11 heteroatoms. The zero-order chi connectivity index (χ0) is 31.8. The van der Waals surface area contributed by atoms with Gasteiger partial charge in [-0.15, -0.1) is 0 Å². The number of aliphatic hydroxyl groups excluding tert-OH is 2.